The lowest BCUT2D eigenvalue weighted by molar-refractivity contribution is 0.166. The number of aromatic nitrogens is 3. The van der Waals surface area contributed by atoms with Crippen molar-refractivity contribution in [3.05, 3.63) is 47.5 Å². The molecule has 0 aliphatic carbocycles. The molecule has 2 aliphatic heterocycles. The number of benzene rings is 1. The maximum atomic E-state index is 5.59. The van der Waals surface area contributed by atoms with Gasteiger partial charge in [-0.3, -0.25) is 4.90 Å². The number of nitrogens with zero attached hydrogens (tertiary/aromatic N) is 5. The van der Waals surface area contributed by atoms with E-state index in [0.717, 1.165) is 47.9 Å². The number of imidazole rings is 1. The molecule has 0 amide bonds. The zero-order valence-electron chi connectivity index (χ0n) is 15.0. The SMILES string of the molecule is CC1OC1N1CCN(c2ccc(Nc3nc(Br)cn4ccnc34)cc2)CC1. The van der Waals surface area contributed by atoms with Crippen LogP contribution in [0.5, 0.6) is 0 Å². The summed E-state index contributed by atoms with van der Waals surface area (Å²) >= 11 is 3.45. The number of rotatable bonds is 4. The molecule has 0 spiro atoms. The molecule has 140 valence electrons. The van der Waals surface area contributed by atoms with E-state index in [-0.39, 0.29) is 0 Å². The normalized spacial score (nSPS) is 23.0. The smallest absolute Gasteiger partial charge is 0.180 e. The van der Waals surface area contributed by atoms with Gasteiger partial charge in [0.05, 0.1) is 6.10 Å². The van der Waals surface area contributed by atoms with Crippen molar-refractivity contribution in [2.24, 2.45) is 0 Å². The van der Waals surface area contributed by atoms with Crippen LogP contribution in [0.4, 0.5) is 17.2 Å². The number of hydrogen-bond donors (Lipinski definition) is 1. The molecule has 0 radical (unpaired) electrons. The lowest BCUT2D eigenvalue weighted by Gasteiger charge is -2.35. The number of anilines is 3. The fourth-order valence-corrected chi connectivity index (χ4v) is 4.07. The van der Waals surface area contributed by atoms with E-state index in [9.17, 15) is 0 Å². The maximum Gasteiger partial charge on any atom is 0.180 e. The van der Waals surface area contributed by atoms with Crippen molar-refractivity contribution in [3.63, 3.8) is 0 Å². The molecule has 2 unspecified atom stereocenters. The third-order valence-electron chi connectivity index (χ3n) is 5.19. The van der Waals surface area contributed by atoms with E-state index >= 15 is 0 Å². The fraction of sp³-hybridized carbons (Fsp3) is 0.368. The summed E-state index contributed by atoms with van der Waals surface area (Å²) in [5.41, 5.74) is 3.04. The van der Waals surface area contributed by atoms with Gasteiger partial charge >= 0.3 is 0 Å². The Balaban J connectivity index is 1.27. The maximum absolute atomic E-state index is 5.59. The van der Waals surface area contributed by atoms with Crippen LogP contribution in [0.1, 0.15) is 6.92 Å². The van der Waals surface area contributed by atoms with Crippen molar-refractivity contribution < 1.29 is 4.74 Å². The minimum absolute atomic E-state index is 0.343. The predicted molar refractivity (Wildman–Crippen MR) is 109 cm³/mol. The molecule has 2 atom stereocenters. The minimum Gasteiger partial charge on any atom is -0.369 e. The summed E-state index contributed by atoms with van der Waals surface area (Å²) in [7, 11) is 0. The van der Waals surface area contributed by atoms with Gasteiger partial charge in [-0.2, -0.15) is 0 Å². The first kappa shape index (κ1) is 17.0. The standard InChI is InChI=1S/C19H21BrN6O/c1-13-19(27-13)25-10-8-24(9-11-25)15-4-2-14(3-5-15)22-17-18-21-6-7-26(18)12-16(20)23-17/h2-7,12-13,19H,8-11H2,1H3,(H,22,23). The Bertz CT molecular complexity index is 950. The molecule has 1 aromatic carbocycles. The Hall–Kier alpha value is -2.16. The van der Waals surface area contributed by atoms with Crippen LogP contribution in [-0.4, -0.2) is 57.8 Å². The summed E-state index contributed by atoms with van der Waals surface area (Å²) in [6.07, 6.45) is 6.31. The first-order valence-electron chi connectivity index (χ1n) is 9.18. The Morgan fingerprint density at radius 1 is 1.15 bits per heavy atom. The highest BCUT2D eigenvalue weighted by Gasteiger charge is 2.40. The molecule has 2 saturated heterocycles. The van der Waals surface area contributed by atoms with Gasteiger partial charge in [-0.05, 0) is 47.1 Å². The largest absolute Gasteiger partial charge is 0.369 e. The summed E-state index contributed by atoms with van der Waals surface area (Å²) in [5, 5.41) is 3.37. The fourth-order valence-electron chi connectivity index (χ4n) is 3.67. The Morgan fingerprint density at radius 2 is 1.89 bits per heavy atom. The molecule has 0 bridgehead atoms. The molecule has 7 nitrogen and oxygen atoms in total. The summed E-state index contributed by atoms with van der Waals surface area (Å²) in [5.74, 6) is 0.731. The van der Waals surface area contributed by atoms with E-state index in [1.54, 1.807) is 6.20 Å². The van der Waals surface area contributed by atoms with Gasteiger partial charge in [-0.1, -0.05) is 0 Å². The van der Waals surface area contributed by atoms with Gasteiger partial charge in [-0.25, -0.2) is 9.97 Å². The van der Waals surface area contributed by atoms with Crippen molar-refractivity contribution in [1.82, 2.24) is 19.3 Å². The summed E-state index contributed by atoms with van der Waals surface area (Å²) in [6, 6.07) is 8.51. The van der Waals surface area contributed by atoms with Crippen LogP contribution < -0.4 is 10.2 Å². The Kier molecular flexibility index (Phi) is 4.26. The number of ether oxygens (including phenoxy) is 1. The van der Waals surface area contributed by atoms with Crippen LogP contribution in [0.25, 0.3) is 5.65 Å². The van der Waals surface area contributed by atoms with Crippen LogP contribution in [0, 0.1) is 0 Å². The number of halogens is 1. The zero-order chi connectivity index (χ0) is 18.4. The lowest BCUT2D eigenvalue weighted by Crippen LogP contribution is -2.47. The second-order valence-corrected chi connectivity index (χ2v) is 7.81. The molecule has 2 aliphatic rings. The van der Waals surface area contributed by atoms with Crippen LogP contribution in [0.2, 0.25) is 0 Å². The number of hydrogen-bond acceptors (Lipinski definition) is 6. The second-order valence-electron chi connectivity index (χ2n) is 7.00. The number of piperazine rings is 1. The van der Waals surface area contributed by atoms with Crippen molar-refractivity contribution >= 4 is 38.8 Å². The highest BCUT2D eigenvalue weighted by Crippen LogP contribution is 2.28. The number of fused-ring (bicyclic) bond motifs is 1. The van der Waals surface area contributed by atoms with E-state index < -0.39 is 0 Å². The van der Waals surface area contributed by atoms with Crippen molar-refractivity contribution in [2.75, 3.05) is 36.4 Å². The molecule has 8 heteroatoms. The van der Waals surface area contributed by atoms with Crippen molar-refractivity contribution in [3.8, 4) is 0 Å². The molecule has 2 aromatic heterocycles. The van der Waals surface area contributed by atoms with Crippen LogP contribution in [0.3, 0.4) is 0 Å². The average molecular weight is 429 g/mol. The summed E-state index contributed by atoms with van der Waals surface area (Å²) < 4.78 is 8.29. The van der Waals surface area contributed by atoms with E-state index in [4.69, 9.17) is 4.74 Å². The third-order valence-corrected chi connectivity index (χ3v) is 5.58. The Morgan fingerprint density at radius 3 is 2.59 bits per heavy atom. The zero-order valence-corrected chi connectivity index (χ0v) is 16.6. The van der Waals surface area contributed by atoms with Crippen molar-refractivity contribution in [1.29, 1.82) is 0 Å². The summed E-state index contributed by atoms with van der Waals surface area (Å²) in [4.78, 5) is 13.7. The highest BCUT2D eigenvalue weighted by molar-refractivity contribution is 9.10. The summed E-state index contributed by atoms with van der Waals surface area (Å²) in [6.45, 7) is 6.30. The molecule has 27 heavy (non-hydrogen) atoms. The van der Waals surface area contributed by atoms with Gasteiger partial charge in [0.1, 0.15) is 10.8 Å². The monoisotopic (exact) mass is 428 g/mol. The molecular weight excluding hydrogens is 408 g/mol. The number of nitrogens with one attached hydrogen (secondary N) is 1. The van der Waals surface area contributed by atoms with Crippen LogP contribution in [0.15, 0.2) is 47.5 Å². The highest BCUT2D eigenvalue weighted by atomic mass is 79.9. The molecular formula is C19H21BrN6O. The van der Waals surface area contributed by atoms with Gasteiger partial charge in [-0.15, -0.1) is 0 Å². The van der Waals surface area contributed by atoms with E-state index in [1.807, 2.05) is 16.8 Å². The van der Waals surface area contributed by atoms with Gasteiger partial charge in [0.25, 0.3) is 0 Å². The topological polar surface area (TPSA) is 61.2 Å². The van der Waals surface area contributed by atoms with E-state index in [2.05, 4.69) is 72.2 Å². The molecule has 4 heterocycles. The van der Waals surface area contributed by atoms with Crippen molar-refractivity contribution in [2.45, 2.75) is 19.3 Å². The molecule has 3 aromatic rings. The van der Waals surface area contributed by atoms with Crippen LogP contribution >= 0.6 is 15.9 Å². The average Bonchev–Trinajstić information content (AvgIpc) is 3.22. The minimum atomic E-state index is 0.343. The molecule has 2 fully saturated rings. The van der Waals surface area contributed by atoms with Gasteiger partial charge in [0.15, 0.2) is 11.5 Å². The Labute approximate surface area is 166 Å². The first-order valence-corrected chi connectivity index (χ1v) is 9.97. The van der Waals surface area contributed by atoms with E-state index in [1.165, 1.54) is 5.69 Å². The number of epoxide rings is 1. The lowest BCUT2D eigenvalue weighted by atomic mass is 10.2. The van der Waals surface area contributed by atoms with Gasteiger partial charge in [0, 0.05) is 56.1 Å². The van der Waals surface area contributed by atoms with Gasteiger partial charge < -0.3 is 19.4 Å². The van der Waals surface area contributed by atoms with Gasteiger partial charge in [0.2, 0.25) is 0 Å². The second kappa shape index (κ2) is 6.78. The third kappa shape index (κ3) is 3.40. The van der Waals surface area contributed by atoms with E-state index in [0.29, 0.717) is 12.3 Å². The quantitative estimate of drug-likeness (QED) is 0.644. The molecule has 0 saturated carbocycles. The molecule has 5 rings (SSSR count). The first-order chi connectivity index (χ1) is 13.2. The molecule has 1 N–H and O–H groups in total. The predicted octanol–water partition coefficient (Wildman–Crippen LogP) is 3.10. The van der Waals surface area contributed by atoms with Crippen LogP contribution in [-0.2, 0) is 4.74 Å².